The molecule has 2 atom stereocenters. The normalized spacial score (nSPS) is 25.5. The van der Waals surface area contributed by atoms with Crippen LogP contribution in [0.15, 0.2) is 0 Å². The Morgan fingerprint density at radius 1 is 1.67 bits per heavy atom. The lowest BCUT2D eigenvalue weighted by molar-refractivity contribution is -0.122. The third kappa shape index (κ3) is 3.62. The molecule has 2 aliphatic heterocycles. The van der Waals surface area contributed by atoms with Crippen LogP contribution in [-0.2, 0) is 9.53 Å². The Morgan fingerprint density at radius 2 is 2.50 bits per heavy atom. The molecule has 2 fully saturated rings. The number of thioether (sulfide) groups is 1. The predicted molar refractivity (Wildman–Crippen MR) is 70.6 cm³/mol. The molecule has 0 spiro atoms. The van der Waals surface area contributed by atoms with Crippen LogP contribution in [0.25, 0.3) is 0 Å². The first-order chi connectivity index (χ1) is 8.66. The number of nitrogens with one attached hydrogen (secondary N) is 1. The fraction of sp³-hybridized carbons (Fsp3) is 0.833. The summed E-state index contributed by atoms with van der Waals surface area (Å²) in [5, 5.41) is 3.04. The summed E-state index contributed by atoms with van der Waals surface area (Å²) in [5.41, 5.74) is 0. The first-order valence-corrected chi connectivity index (χ1v) is 7.48. The van der Waals surface area contributed by atoms with E-state index in [0.717, 1.165) is 31.7 Å². The fourth-order valence-corrected chi connectivity index (χ4v) is 3.13. The molecule has 0 aromatic heterocycles. The van der Waals surface area contributed by atoms with Gasteiger partial charge in [0.2, 0.25) is 5.91 Å². The van der Waals surface area contributed by atoms with Gasteiger partial charge in [0.05, 0.1) is 12.1 Å². The van der Waals surface area contributed by atoms with Gasteiger partial charge < -0.3 is 15.0 Å². The molecule has 18 heavy (non-hydrogen) atoms. The quantitative estimate of drug-likeness (QED) is 0.818. The Kier molecular flexibility index (Phi) is 4.88. The van der Waals surface area contributed by atoms with Gasteiger partial charge in [-0.15, -0.1) is 0 Å². The van der Waals surface area contributed by atoms with Crippen LogP contribution < -0.4 is 5.32 Å². The lowest BCUT2D eigenvalue weighted by Gasteiger charge is -2.21. The van der Waals surface area contributed by atoms with E-state index in [4.69, 9.17) is 4.74 Å². The van der Waals surface area contributed by atoms with Gasteiger partial charge in [-0.3, -0.25) is 9.59 Å². The second-order valence-electron chi connectivity index (χ2n) is 4.76. The zero-order chi connectivity index (χ0) is 13.0. The number of carbonyl (C=O) groups excluding carboxylic acids is 2. The molecule has 2 aliphatic rings. The van der Waals surface area contributed by atoms with Gasteiger partial charge in [-0.2, -0.15) is 0 Å². The van der Waals surface area contributed by atoms with Crippen molar-refractivity contribution in [2.24, 2.45) is 0 Å². The second kappa shape index (κ2) is 6.43. The van der Waals surface area contributed by atoms with Crippen molar-refractivity contribution in [3.63, 3.8) is 0 Å². The molecule has 0 aromatic carbocycles. The van der Waals surface area contributed by atoms with Crippen molar-refractivity contribution in [1.29, 1.82) is 0 Å². The smallest absolute Gasteiger partial charge is 0.281 e. The maximum Gasteiger partial charge on any atom is 0.281 e. The molecule has 0 unspecified atom stereocenters. The number of hydrogen-bond donors (Lipinski definition) is 1. The number of ether oxygens (including phenoxy) is 1. The summed E-state index contributed by atoms with van der Waals surface area (Å²) in [5.74, 6) is 0.843. The zero-order valence-electron chi connectivity index (χ0n) is 10.7. The van der Waals surface area contributed by atoms with Gasteiger partial charge in [0, 0.05) is 31.9 Å². The minimum absolute atomic E-state index is 0.00250. The van der Waals surface area contributed by atoms with Crippen molar-refractivity contribution in [2.45, 2.75) is 38.3 Å². The zero-order valence-corrected chi connectivity index (χ0v) is 11.5. The van der Waals surface area contributed by atoms with E-state index in [0.29, 0.717) is 13.0 Å². The number of carbonyl (C=O) groups is 2. The van der Waals surface area contributed by atoms with E-state index in [-0.39, 0.29) is 23.3 Å². The SMILES string of the molecule is C[C@@H](NC(=O)CCN1CCSC1=O)[C@@H]1CCCO1. The average Bonchev–Trinajstić information content (AvgIpc) is 2.97. The predicted octanol–water partition coefficient (Wildman–Crippen LogP) is 1.23. The van der Waals surface area contributed by atoms with Crippen LogP contribution in [0.3, 0.4) is 0 Å². The Bertz CT molecular complexity index is 318. The van der Waals surface area contributed by atoms with E-state index in [2.05, 4.69) is 5.32 Å². The van der Waals surface area contributed by atoms with Gasteiger partial charge in [0.1, 0.15) is 0 Å². The van der Waals surface area contributed by atoms with Crippen LogP contribution >= 0.6 is 11.8 Å². The van der Waals surface area contributed by atoms with Gasteiger partial charge in [-0.1, -0.05) is 11.8 Å². The van der Waals surface area contributed by atoms with E-state index in [1.807, 2.05) is 6.92 Å². The van der Waals surface area contributed by atoms with Gasteiger partial charge in [0.15, 0.2) is 0 Å². The first-order valence-electron chi connectivity index (χ1n) is 6.49. The molecule has 1 N–H and O–H groups in total. The summed E-state index contributed by atoms with van der Waals surface area (Å²) < 4.78 is 5.53. The molecule has 6 heteroatoms. The summed E-state index contributed by atoms with van der Waals surface area (Å²) in [6.45, 7) is 4.06. The Morgan fingerprint density at radius 3 is 3.11 bits per heavy atom. The summed E-state index contributed by atoms with van der Waals surface area (Å²) in [4.78, 5) is 24.9. The highest BCUT2D eigenvalue weighted by molar-refractivity contribution is 8.13. The van der Waals surface area contributed by atoms with Gasteiger partial charge >= 0.3 is 0 Å². The third-order valence-electron chi connectivity index (χ3n) is 3.36. The standard InChI is InChI=1S/C12H20N2O3S/c1-9(10-3-2-7-17-10)13-11(15)4-5-14-6-8-18-12(14)16/h9-10H,2-8H2,1H3,(H,13,15)/t9-,10+/m1/s1. The molecule has 2 saturated heterocycles. The molecule has 2 amide bonds. The van der Waals surface area contributed by atoms with E-state index in [1.165, 1.54) is 11.8 Å². The van der Waals surface area contributed by atoms with Gasteiger partial charge in [0.25, 0.3) is 5.24 Å². The number of rotatable bonds is 5. The summed E-state index contributed by atoms with van der Waals surface area (Å²) in [7, 11) is 0. The van der Waals surface area contributed by atoms with Crippen LogP contribution in [0, 0.1) is 0 Å². The topological polar surface area (TPSA) is 58.6 Å². The minimum atomic E-state index is 0.00250. The van der Waals surface area contributed by atoms with Crippen LogP contribution in [0.5, 0.6) is 0 Å². The lowest BCUT2D eigenvalue weighted by Crippen LogP contribution is -2.42. The molecule has 0 aromatic rings. The second-order valence-corrected chi connectivity index (χ2v) is 5.81. The maximum absolute atomic E-state index is 11.8. The van der Waals surface area contributed by atoms with Crippen molar-refractivity contribution in [3.05, 3.63) is 0 Å². The molecule has 5 nitrogen and oxygen atoms in total. The van der Waals surface area contributed by atoms with Gasteiger partial charge in [-0.25, -0.2) is 0 Å². The summed E-state index contributed by atoms with van der Waals surface area (Å²) in [6, 6.07) is 0.0589. The van der Waals surface area contributed by atoms with E-state index in [9.17, 15) is 9.59 Å². The third-order valence-corrected chi connectivity index (χ3v) is 4.26. The minimum Gasteiger partial charge on any atom is -0.376 e. The largest absolute Gasteiger partial charge is 0.376 e. The van der Waals surface area contributed by atoms with Crippen LogP contribution in [0.4, 0.5) is 4.79 Å². The van der Waals surface area contributed by atoms with Crippen molar-refractivity contribution < 1.29 is 14.3 Å². The molecule has 0 radical (unpaired) electrons. The maximum atomic E-state index is 11.8. The average molecular weight is 272 g/mol. The fourth-order valence-electron chi connectivity index (χ4n) is 2.28. The molecule has 2 rings (SSSR count). The van der Waals surface area contributed by atoms with E-state index in [1.54, 1.807) is 4.90 Å². The van der Waals surface area contributed by atoms with Crippen molar-refractivity contribution in [1.82, 2.24) is 10.2 Å². The number of nitrogens with zero attached hydrogens (tertiary/aromatic N) is 1. The molecular formula is C12H20N2O3S. The van der Waals surface area contributed by atoms with Crippen molar-refractivity contribution >= 4 is 22.9 Å². The van der Waals surface area contributed by atoms with Crippen LogP contribution in [0.2, 0.25) is 0 Å². The summed E-state index contributed by atoms with van der Waals surface area (Å²) in [6.07, 6.45) is 2.62. The number of amides is 2. The molecule has 0 aliphatic carbocycles. The van der Waals surface area contributed by atoms with Crippen LogP contribution in [-0.4, -0.2) is 53.6 Å². The lowest BCUT2D eigenvalue weighted by atomic mass is 10.1. The number of hydrogen-bond acceptors (Lipinski definition) is 4. The first kappa shape index (κ1) is 13.7. The molecule has 2 heterocycles. The van der Waals surface area contributed by atoms with E-state index >= 15 is 0 Å². The van der Waals surface area contributed by atoms with Crippen LogP contribution in [0.1, 0.15) is 26.2 Å². The van der Waals surface area contributed by atoms with Crippen molar-refractivity contribution in [3.8, 4) is 0 Å². The Labute approximate surface area is 112 Å². The highest BCUT2D eigenvalue weighted by atomic mass is 32.2. The molecule has 102 valence electrons. The molecule has 0 bridgehead atoms. The molecular weight excluding hydrogens is 252 g/mol. The highest BCUT2D eigenvalue weighted by Gasteiger charge is 2.25. The Balaban J connectivity index is 1.66. The monoisotopic (exact) mass is 272 g/mol. The highest BCUT2D eigenvalue weighted by Crippen LogP contribution is 2.17. The Hall–Kier alpha value is -0.750. The van der Waals surface area contributed by atoms with E-state index < -0.39 is 0 Å². The van der Waals surface area contributed by atoms with Gasteiger partial charge in [-0.05, 0) is 19.8 Å². The molecule has 0 saturated carbocycles. The van der Waals surface area contributed by atoms with Crippen molar-refractivity contribution in [2.75, 3.05) is 25.4 Å². The summed E-state index contributed by atoms with van der Waals surface area (Å²) >= 11 is 1.33.